The van der Waals surface area contributed by atoms with Gasteiger partial charge in [0.2, 0.25) is 0 Å². The molecule has 1 saturated heterocycles. The molecule has 8 heteroatoms. The molecule has 1 aromatic heterocycles. The first-order valence-electron chi connectivity index (χ1n) is 10.0. The Labute approximate surface area is 171 Å². The Kier molecular flexibility index (Phi) is 5.53. The Hall–Kier alpha value is -1.25. The molecule has 2 aliphatic rings. The lowest BCUT2D eigenvalue weighted by Gasteiger charge is -2.43. The van der Waals surface area contributed by atoms with E-state index in [9.17, 15) is 9.35 Å². The van der Waals surface area contributed by atoms with E-state index in [-0.39, 0.29) is 22.3 Å². The van der Waals surface area contributed by atoms with Crippen molar-refractivity contribution in [1.29, 1.82) is 0 Å². The molecule has 0 saturated carbocycles. The molecule has 0 radical (unpaired) electrons. The highest BCUT2D eigenvalue weighted by Gasteiger charge is 2.52. The summed E-state index contributed by atoms with van der Waals surface area (Å²) in [6.07, 6.45) is 1.40. The highest BCUT2D eigenvalue weighted by atomic mass is 32.2. The number of ether oxygens (including phenoxy) is 1. The van der Waals surface area contributed by atoms with E-state index in [0.29, 0.717) is 13.1 Å². The molecule has 1 fully saturated rings. The zero-order chi connectivity index (χ0) is 20.9. The van der Waals surface area contributed by atoms with Crippen LogP contribution in [0.1, 0.15) is 71.8 Å². The van der Waals surface area contributed by atoms with Crippen molar-refractivity contribution in [2.45, 2.75) is 84.2 Å². The van der Waals surface area contributed by atoms with E-state index >= 15 is 0 Å². The highest BCUT2D eigenvalue weighted by molar-refractivity contribution is 7.90. The van der Waals surface area contributed by atoms with Crippen molar-refractivity contribution in [3.63, 3.8) is 0 Å². The number of nitrogens with zero attached hydrogens (tertiary/aromatic N) is 3. The minimum Gasteiger partial charge on any atom is -0.598 e. The van der Waals surface area contributed by atoms with Crippen LogP contribution in [0.4, 0.5) is 4.79 Å². The van der Waals surface area contributed by atoms with Crippen LogP contribution in [0.25, 0.3) is 0 Å². The van der Waals surface area contributed by atoms with Gasteiger partial charge in [-0.3, -0.25) is 4.68 Å². The van der Waals surface area contributed by atoms with Gasteiger partial charge in [0.05, 0.1) is 11.4 Å². The van der Waals surface area contributed by atoms with E-state index in [4.69, 9.17) is 4.74 Å². The largest absolute Gasteiger partial charge is 0.598 e. The number of aromatic nitrogens is 2. The molecule has 0 bridgehead atoms. The van der Waals surface area contributed by atoms with E-state index in [1.807, 2.05) is 48.5 Å². The molecule has 2 aliphatic heterocycles. The molecule has 7 nitrogen and oxygen atoms in total. The number of aryl methyl sites for hydroxylation is 1. The van der Waals surface area contributed by atoms with Crippen molar-refractivity contribution < 1.29 is 14.1 Å². The first-order valence-corrected chi connectivity index (χ1v) is 11.2. The third-order valence-corrected chi connectivity index (χ3v) is 7.06. The van der Waals surface area contributed by atoms with Crippen molar-refractivity contribution in [2.24, 2.45) is 5.41 Å². The van der Waals surface area contributed by atoms with Crippen molar-refractivity contribution in [2.75, 3.05) is 13.1 Å². The van der Waals surface area contributed by atoms with Crippen molar-refractivity contribution in [3.05, 3.63) is 17.5 Å². The van der Waals surface area contributed by atoms with Crippen LogP contribution in [0.3, 0.4) is 0 Å². The van der Waals surface area contributed by atoms with E-state index in [1.54, 1.807) is 4.90 Å². The molecule has 1 N–H and O–H groups in total. The van der Waals surface area contributed by atoms with Crippen molar-refractivity contribution in [3.8, 4) is 0 Å². The van der Waals surface area contributed by atoms with Crippen LogP contribution in [-0.4, -0.2) is 48.8 Å². The molecular weight excluding hydrogens is 376 g/mol. The van der Waals surface area contributed by atoms with Crippen LogP contribution in [0.15, 0.2) is 6.07 Å². The number of rotatable bonds is 2. The fourth-order valence-corrected chi connectivity index (χ4v) is 4.94. The van der Waals surface area contributed by atoms with Crippen molar-refractivity contribution >= 4 is 17.5 Å². The Balaban J connectivity index is 1.77. The number of carbonyl (C=O) groups excluding carboxylic acids is 1. The van der Waals surface area contributed by atoms with Gasteiger partial charge in [-0.1, -0.05) is 0 Å². The average Bonchev–Trinajstić information content (AvgIpc) is 3.00. The molecule has 1 unspecified atom stereocenters. The molecule has 1 amide bonds. The fraction of sp³-hybridized carbons (Fsp3) is 0.800. The van der Waals surface area contributed by atoms with Gasteiger partial charge in [0.25, 0.3) is 0 Å². The molecule has 158 valence electrons. The predicted molar refractivity (Wildman–Crippen MR) is 110 cm³/mol. The van der Waals surface area contributed by atoms with Crippen LogP contribution < -0.4 is 4.72 Å². The van der Waals surface area contributed by atoms with Crippen molar-refractivity contribution in [1.82, 2.24) is 19.4 Å². The summed E-state index contributed by atoms with van der Waals surface area (Å²) in [5.41, 5.74) is 1.49. The zero-order valence-electron chi connectivity index (χ0n) is 18.2. The van der Waals surface area contributed by atoms with Crippen LogP contribution in [0.5, 0.6) is 0 Å². The third kappa shape index (κ3) is 4.33. The lowest BCUT2D eigenvalue weighted by atomic mass is 9.73. The van der Waals surface area contributed by atoms with Gasteiger partial charge in [-0.05, 0) is 67.4 Å². The second kappa shape index (κ2) is 7.22. The average molecular weight is 411 g/mol. The third-order valence-electron chi connectivity index (χ3n) is 5.50. The lowest BCUT2D eigenvalue weighted by Crippen LogP contribution is -2.51. The summed E-state index contributed by atoms with van der Waals surface area (Å²) in [5.74, 6) is 0. The van der Waals surface area contributed by atoms with Gasteiger partial charge in [-0.25, -0.2) is 4.79 Å². The normalized spacial score (nSPS) is 23.0. The molecule has 28 heavy (non-hydrogen) atoms. The van der Waals surface area contributed by atoms with Gasteiger partial charge >= 0.3 is 6.09 Å². The summed E-state index contributed by atoms with van der Waals surface area (Å²) < 4.78 is 23.5. The van der Waals surface area contributed by atoms with E-state index < -0.39 is 17.0 Å². The maximum Gasteiger partial charge on any atom is 0.410 e. The number of amides is 1. The summed E-state index contributed by atoms with van der Waals surface area (Å²) in [5, 5.41) is 4.64. The zero-order valence-corrected chi connectivity index (χ0v) is 19.0. The second-order valence-corrected chi connectivity index (χ2v) is 12.1. The van der Waals surface area contributed by atoms with Gasteiger partial charge in [0, 0.05) is 36.4 Å². The Bertz CT molecular complexity index is 727. The maximum absolute atomic E-state index is 12.9. The Morgan fingerprint density at radius 1 is 1.29 bits per heavy atom. The van der Waals surface area contributed by atoms with Gasteiger partial charge in [0.1, 0.15) is 16.4 Å². The molecule has 2 atom stereocenters. The quantitative estimate of drug-likeness (QED) is 0.757. The molecule has 0 aromatic carbocycles. The maximum atomic E-state index is 12.9. The molecule has 3 rings (SSSR count). The van der Waals surface area contributed by atoms with Crippen LogP contribution >= 0.6 is 0 Å². The molecular formula is C20H34N4O3S. The van der Waals surface area contributed by atoms with Gasteiger partial charge in [-0.15, -0.1) is 4.72 Å². The summed E-state index contributed by atoms with van der Waals surface area (Å²) in [7, 11) is 0. The van der Waals surface area contributed by atoms with E-state index in [2.05, 4.69) is 20.6 Å². The van der Waals surface area contributed by atoms with Gasteiger partial charge in [0.15, 0.2) is 0 Å². The minimum atomic E-state index is -1.18. The van der Waals surface area contributed by atoms with Crippen LogP contribution in [0, 0.1) is 12.3 Å². The number of piperidine rings is 1. The Morgan fingerprint density at radius 3 is 2.43 bits per heavy atom. The van der Waals surface area contributed by atoms with Gasteiger partial charge < -0.3 is 14.2 Å². The Morgan fingerprint density at radius 2 is 1.89 bits per heavy atom. The van der Waals surface area contributed by atoms with E-state index in [1.165, 1.54) is 0 Å². The summed E-state index contributed by atoms with van der Waals surface area (Å²) in [4.78, 5) is 14.2. The number of hydrogen-bond acceptors (Lipinski definition) is 5. The topological polar surface area (TPSA) is 82.5 Å². The number of hydrogen-bond donors (Lipinski definition) is 1. The van der Waals surface area contributed by atoms with E-state index in [0.717, 1.165) is 30.8 Å². The smallest absolute Gasteiger partial charge is 0.410 e. The number of fused-ring (bicyclic) bond motifs is 1. The standard InChI is InChI=1S/C20H34N4O3S/c1-14-12-15-16(22-28(26)19(5,6)7)20(13-24(15)21-14)8-10-23(11-9-20)17(25)27-18(2,3)4/h12,16,22H,8-11,13H2,1-7H3/t16-,28?/m1/s1. The first-order chi connectivity index (χ1) is 12.8. The van der Waals surface area contributed by atoms with Crippen LogP contribution in [0.2, 0.25) is 0 Å². The number of nitrogens with one attached hydrogen (secondary N) is 1. The fourth-order valence-electron chi connectivity index (χ4n) is 4.00. The molecule has 1 aromatic rings. The monoisotopic (exact) mass is 410 g/mol. The second-order valence-electron chi connectivity index (χ2n) is 10.1. The summed E-state index contributed by atoms with van der Waals surface area (Å²) in [6, 6.07) is 2.06. The molecule has 3 heterocycles. The van der Waals surface area contributed by atoms with Crippen LogP contribution in [-0.2, 0) is 22.6 Å². The highest BCUT2D eigenvalue weighted by Crippen LogP contribution is 2.50. The first kappa shape index (κ1) is 21.5. The lowest BCUT2D eigenvalue weighted by molar-refractivity contribution is 0.00562. The number of carbonyl (C=O) groups is 1. The molecule has 0 aliphatic carbocycles. The van der Waals surface area contributed by atoms with Gasteiger partial charge in [-0.2, -0.15) is 5.10 Å². The number of likely N-dealkylation sites (tertiary alicyclic amines) is 1. The summed E-state index contributed by atoms with van der Waals surface area (Å²) >= 11 is -1.18. The SMILES string of the molecule is Cc1cc2n(n1)CC1(CCN(C(=O)OC(C)(C)C)CC1)[C@@H]2N[S+]([O-])C(C)(C)C. The molecule has 1 spiro atoms. The minimum absolute atomic E-state index is 0.0328. The summed E-state index contributed by atoms with van der Waals surface area (Å²) in [6.45, 7) is 15.6. The predicted octanol–water partition coefficient (Wildman–Crippen LogP) is 3.32.